The van der Waals surface area contributed by atoms with Gasteiger partial charge < -0.3 is 15.0 Å². The highest BCUT2D eigenvalue weighted by molar-refractivity contribution is 6.27. The van der Waals surface area contributed by atoms with Gasteiger partial charge in [0.05, 0.1) is 6.04 Å². The number of nitrogens with one attached hydrogen (secondary N) is 1. The largest absolute Gasteiger partial charge is 0.444 e. The van der Waals surface area contributed by atoms with Gasteiger partial charge in [0, 0.05) is 12.1 Å². The summed E-state index contributed by atoms with van der Waals surface area (Å²) in [7, 11) is 0. The third-order valence-corrected chi connectivity index (χ3v) is 3.96. The standard InChI is InChI=1S/C16H29ClN2O3/c1-11(2)19(15(21)22-16(3,4)5)13-9-7-6-8-12(13)18-14(20)10-17/h11-13H,6-10H2,1-5H3,(H,18,20). The number of carbonyl (C=O) groups excluding carboxylic acids is 2. The monoisotopic (exact) mass is 332 g/mol. The fourth-order valence-corrected chi connectivity index (χ4v) is 2.98. The molecule has 0 aromatic carbocycles. The summed E-state index contributed by atoms with van der Waals surface area (Å²) in [5.41, 5.74) is -0.534. The van der Waals surface area contributed by atoms with E-state index in [0.717, 1.165) is 25.7 Å². The molecule has 1 N–H and O–H groups in total. The Bertz CT molecular complexity index is 393. The third kappa shape index (κ3) is 5.67. The molecule has 2 atom stereocenters. The molecule has 0 heterocycles. The number of hydrogen-bond donors (Lipinski definition) is 1. The average molecular weight is 333 g/mol. The summed E-state index contributed by atoms with van der Waals surface area (Å²) in [5, 5.41) is 2.95. The molecule has 0 spiro atoms. The van der Waals surface area contributed by atoms with Crippen LogP contribution in [0.4, 0.5) is 4.79 Å². The number of carbonyl (C=O) groups is 2. The number of alkyl halides is 1. The average Bonchev–Trinajstić information content (AvgIpc) is 2.38. The smallest absolute Gasteiger partial charge is 0.410 e. The Morgan fingerprint density at radius 3 is 2.36 bits per heavy atom. The molecular formula is C16H29ClN2O3. The summed E-state index contributed by atoms with van der Waals surface area (Å²) in [4.78, 5) is 26.0. The van der Waals surface area contributed by atoms with Crippen LogP contribution in [0.2, 0.25) is 0 Å². The van der Waals surface area contributed by atoms with Gasteiger partial charge in [-0.2, -0.15) is 0 Å². The molecule has 1 fully saturated rings. The zero-order valence-electron chi connectivity index (χ0n) is 14.3. The Hall–Kier alpha value is -0.970. The predicted molar refractivity (Wildman–Crippen MR) is 88.1 cm³/mol. The van der Waals surface area contributed by atoms with Crippen molar-refractivity contribution >= 4 is 23.6 Å². The quantitative estimate of drug-likeness (QED) is 0.803. The molecule has 1 aliphatic rings. The van der Waals surface area contributed by atoms with Crippen LogP contribution in [0.25, 0.3) is 0 Å². The van der Waals surface area contributed by atoms with Gasteiger partial charge in [-0.25, -0.2) is 4.79 Å². The highest BCUT2D eigenvalue weighted by Gasteiger charge is 2.37. The Morgan fingerprint density at radius 2 is 1.86 bits per heavy atom. The first-order valence-electron chi connectivity index (χ1n) is 8.02. The van der Waals surface area contributed by atoms with Gasteiger partial charge in [0.15, 0.2) is 0 Å². The van der Waals surface area contributed by atoms with E-state index in [1.165, 1.54) is 0 Å². The van der Waals surface area contributed by atoms with Crippen LogP contribution < -0.4 is 5.32 Å². The van der Waals surface area contributed by atoms with Crippen molar-refractivity contribution in [1.29, 1.82) is 0 Å². The molecule has 0 radical (unpaired) electrons. The fourth-order valence-electron chi connectivity index (χ4n) is 2.90. The lowest BCUT2D eigenvalue weighted by atomic mass is 9.88. The molecule has 0 aromatic rings. The zero-order chi connectivity index (χ0) is 16.9. The van der Waals surface area contributed by atoms with Crippen LogP contribution in [0.15, 0.2) is 0 Å². The highest BCUT2D eigenvalue weighted by atomic mass is 35.5. The third-order valence-electron chi connectivity index (χ3n) is 3.72. The second-order valence-electron chi connectivity index (χ2n) is 7.14. The van der Waals surface area contributed by atoms with Gasteiger partial charge in [-0.3, -0.25) is 4.79 Å². The van der Waals surface area contributed by atoms with Crippen LogP contribution in [0.1, 0.15) is 60.3 Å². The summed E-state index contributed by atoms with van der Waals surface area (Å²) >= 11 is 5.59. The van der Waals surface area contributed by atoms with Gasteiger partial charge in [0.1, 0.15) is 11.5 Å². The number of hydrogen-bond acceptors (Lipinski definition) is 3. The number of amides is 2. The minimum Gasteiger partial charge on any atom is -0.444 e. The van der Waals surface area contributed by atoms with Crippen molar-refractivity contribution in [3.8, 4) is 0 Å². The zero-order valence-corrected chi connectivity index (χ0v) is 15.1. The van der Waals surface area contributed by atoms with Crippen molar-refractivity contribution < 1.29 is 14.3 Å². The van der Waals surface area contributed by atoms with E-state index in [4.69, 9.17) is 16.3 Å². The summed E-state index contributed by atoms with van der Waals surface area (Å²) in [6.45, 7) is 9.52. The molecule has 1 aliphatic carbocycles. The molecule has 0 saturated heterocycles. The lowest BCUT2D eigenvalue weighted by Crippen LogP contribution is -2.58. The van der Waals surface area contributed by atoms with Gasteiger partial charge in [0.25, 0.3) is 0 Å². The van der Waals surface area contributed by atoms with Crippen LogP contribution in [0.5, 0.6) is 0 Å². The van der Waals surface area contributed by atoms with Crippen LogP contribution in [-0.4, -0.2) is 46.5 Å². The van der Waals surface area contributed by atoms with Crippen molar-refractivity contribution in [2.75, 3.05) is 5.88 Å². The van der Waals surface area contributed by atoms with Gasteiger partial charge in [-0.1, -0.05) is 12.8 Å². The molecule has 0 aliphatic heterocycles. The molecular weight excluding hydrogens is 304 g/mol. The summed E-state index contributed by atoms with van der Waals surface area (Å²) in [6, 6.07) is -0.0981. The van der Waals surface area contributed by atoms with E-state index in [2.05, 4.69) is 5.32 Å². The second-order valence-corrected chi connectivity index (χ2v) is 7.41. The summed E-state index contributed by atoms with van der Waals surface area (Å²) in [6.07, 6.45) is 3.50. The van der Waals surface area contributed by atoms with E-state index in [9.17, 15) is 9.59 Å². The maximum atomic E-state index is 12.6. The maximum Gasteiger partial charge on any atom is 0.410 e. The van der Waals surface area contributed by atoms with E-state index in [1.807, 2.05) is 34.6 Å². The summed E-state index contributed by atoms with van der Waals surface area (Å²) < 4.78 is 5.54. The van der Waals surface area contributed by atoms with Gasteiger partial charge in [-0.15, -0.1) is 11.6 Å². The molecule has 0 aromatic heterocycles. The molecule has 22 heavy (non-hydrogen) atoms. The number of nitrogens with zero attached hydrogens (tertiary/aromatic N) is 1. The van der Waals surface area contributed by atoms with Crippen molar-refractivity contribution in [2.24, 2.45) is 0 Å². The van der Waals surface area contributed by atoms with Gasteiger partial charge in [-0.05, 0) is 47.5 Å². The van der Waals surface area contributed by atoms with E-state index < -0.39 is 5.60 Å². The van der Waals surface area contributed by atoms with Crippen LogP contribution in [0, 0.1) is 0 Å². The lowest BCUT2D eigenvalue weighted by molar-refractivity contribution is -0.120. The SMILES string of the molecule is CC(C)N(C(=O)OC(C)(C)C)C1CCCCC1NC(=O)CCl. The van der Waals surface area contributed by atoms with Crippen molar-refractivity contribution in [2.45, 2.75) is 84.0 Å². The number of rotatable bonds is 4. The van der Waals surface area contributed by atoms with Crippen molar-refractivity contribution in [3.05, 3.63) is 0 Å². The first-order valence-corrected chi connectivity index (χ1v) is 8.56. The molecule has 0 bridgehead atoms. The normalized spacial score (nSPS) is 22.3. The van der Waals surface area contributed by atoms with Gasteiger partial charge >= 0.3 is 6.09 Å². The topological polar surface area (TPSA) is 58.6 Å². The molecule has 2 unspecified atom stereocenters. The maximum absolute atomic E-state index is 12.6. The Morgan fingerprint density at radius 1 is 1.27 bits per heavy atom. The predicted octanol–water partition coefficient (Wildman–Crippen LogP) is 3.30. The van der Waals surface area contributed by atoms with Gasteiger partial charge in [0.2, 0.25) is 5.91 Å². The van der Waals surface area contributed by atoms with Crippen LogP contribution in [0.3, 0.4) is 0 Å². The molecule has 6 heteroatoms. The van der Waals surface area contributed by atoms with Crippen LogP contribution >= 0.6 is 11.6 Å². The molecule has 1 saturated carbocycles. The number of ether oxygens (including phenoxy) is 1. The fraction of sp³-hybridized carbons (Fsp3) is 0.875. The van der Waals surface area contributed by atoms with E-state index in [0.29, 0.717) is 0 Å². The Balaban J connectivity index is 2.90. The van der Waals surface area contributed by atoms with Crippen LogP contribution in [-0.2, 0) is 9.53 Å². The molecule has 128 valence electrons. The number of halogens is 1. The Labute approximate surface area is 138 Å². The minimum absolute atomic E-state index is 0.00773. The van der Waals surface area contributed by atoms with Crippen molar-refractivity contribution in [3.63, 3.8) is 0 Å². The van der Waals surface area contributed by atoms with E-state index in [1.54, 1.807) is 4.90 Å². The molecule has 2 amide bonds. The highest BCUT2D eigenvalue weighted by Crippen LogP contribution is 2.26. The first kappa shape index (κ1) is 19.1. The lowest BCUT2D eigenvalue weighted by Gasteiger charge is -2.42. The van der Waals surface area contributed by atoms with Crippen molar-refractivity contribution in [1.82, 2.24) is 10.2 Å². The molecule has 1 rings (SSSR count). The van der Waals surface area contributed by atoms with E-state index >= 15 is 0 Å². The summed E-state index contributed by atoms with van der Waals surface area (Å²) in [5.74, 6) is -0.247. The van der Waals surface area contributed by atoms with E-state index in [-0.39, 0.29) is 36.0 Å². The second kappa shape index (κ2) is 8.04. The minimum atomic E-state index is -0.534. The Kier molecular flexibility index (Phi) is 6.98. The molecule has 5 nitrogen and oxygen atoms in total. The first-order chi connectivity index (χ1) is 10.2.